The van der Waals surface area contributed by atoms with Gasteiger partial charge in [0.05, 0.1) is 5.02 Å². The summed E-state index contributed by atoms with van der Waals surface area (Å²) in [7, 11) is 0. The second-order valence-electron chi connectivity index (χ2n) is 5.73. The molecule has 0 aliphatic carbocycles. The van der Waals surface area contributed by atoms with E-state index in [1.54, 1.807) is 6.92 Å². The van der Waals surface area contributed by atoms with Gasteiger partial charge in [-0.05, 0) is 49.1 Å². The number of para-hydroxylation sites is 1. The van der Waals surface area contributed by atoms with Crippen molar-refractivity contribution in [2.45, 2.75) is 39.2 Å². The fraction of sp³-hybridized carbons (Fsp3) is 0.316. The minimum atomic E-state index is -0.695. The number of ether oxygens (including phenoxy) is 1. The van der Waals surface area contributed by atoms with E-state index in [9.17, 15) is 9.18 Å². The molecule has 128 valence electrons. The zero-order valence-corrected chi connectivity index (χ0v) is 14.7. The highest BCUT2D eigenvalue weighted by Gasteiger charge is 2.18. The van der Waals surface area contributed by atoms with E-state index in [0.717, 1.165) is 12.0 Å². The normalized spacial score (nSPS) is 13.2. The molecule has 2 rings (SSSR count). The van der Waals surface area contributed by atoms with Crippen LogP contribution in [-0.2, 0) is 4.79 Å². The fourth-order valence-electron chi connectivity index (χ4n) is 2.28. The monoisotopic (exact) mass is 349 g/mol. The Hall–Kier alpha value is -2.07. The molecule has 0 aliphatic heterocycles. The van der Waals surface area contributed by atoms with Crippen molar-refractivity contribution in [2.75, 3.05) is 5.32 Å². The van der Waals surface area contributed by atoms with E-state index in [1.165, 1.54) is 18.2 Å². The van der Waals surface area contributed by atoms with Crippen molar-refractivity contribution < 1.29 is 13.9 Å². The van der Waals surface area contributed by atoms with Crippen LogP contribution in [0, 0.1) is 5.82 Å². The van der Waals surface area contributed by atoms with Crippen LogP contribution in [-0.4, -0.2) is 12.0 Å². The molecule has 0 aromatic heterocycles. The van der Waals surface area contributed by atoms with Gasteiger partial charge < -0.3 is 10.1 Å². The fourth-order valence-corrected chi connectivity index (χ4v) is 2.46. The molecule has 3 nitrogen and oxygen atoms in total. The van der Waals surface area contributed by atoms with Crippen LogP contribution in [0.5, 0.6) is 5.75 Å². The number of benzene rings is 2. The van der Waals surface area contributed by atoms with Crippen molar-refractivity contribution in [3.63, 3.8) is 0 Å². The number of nitrogens with one attached hydrogen (secondary N) is 1. The lowest BCUT2D eigenvalue weighted by Gasteiger charge is -2.19. The first-order valence-corrected chi connectivity index (χ1v) is 8.31. The van der Waals surface area contributed by atoms with Crippen LogP contribution in [0.25, 0.3) is 0 Å². The Morgan fingerprint density at radius 2 is 1.96 bits per heavy atom. The van der Waals surface area contributed by atoms with Gasteiger partial charge in [-0.25, -0.2) is 4.39 Å². The second-order valence-corrected chi connectivity index (χ2v) is 6.13. The Labute approximate surface area is 146 Å². The summed E-state index contributed by atoms with van der Waals surface area (Å²) in [5.74, 6) is 0.192. The highest BCUT2D eigenvalue weighted by atomic mass is 35.5. The minimum absolute atomic E-state index is 0.0384. The lowest BCUT2D eigenvalue weighted by atomic mass is 9.98. The van der Waals surface area contributed by atoms with Crippen molar-refractivity contribution in [3.05, 3.63) is 58.9 Å². The molecule has 2 aromatic rings. The lowest BCUT2D eigenvalue weighted by Crippen LogP contribution is -2.30. The van der Waals surface area contributed by atoms with Gasteiger partial charge in [0, 0.05) is 5.69 Å². The van der Waals surface area contributed by atoms with Gasteiger partial charge in [0.25, 0.3) is 5.91 Å². The molecule has 2 aromatic carbocycles. The van der Waals surface area contributed by atoms with E-state index < -0.39 is 11.9 Å². The molecule has 1 amide bonds. The number of carbonyl (C=O) groups excluding carboxylic acids is 1. The van der Waals surface area contributed by atoms with Crippen molar-refractivity contribution in [3.8, 4) is 5.75 Å². The molecule has 0 radical (unpaired) electrons. The third-order valence-electron chi connectivity index (χ3n) is 3.92. The van der Waals surface area contributed by atoms with Gasteiger partial charge in [-0.2, -0.15) is 0 Å². The number of hydrogen-bond acceptors (Lipinski definition) is 2. The molecule has 2 atom stereocenters. The second kappa shape index (κ2) is 8.15. The Bertz CT molecular complexity index is 720. The van der Waals surface area contributed by atoms with Crippen LogP contribution in [0.3, 0.4) is 0 Å². The number of anilines is 1. The summed E-state index contributed by atoms with van der Waals surface area (Å²) in [6, 6.07) is 11.7. The molecule has 0 heterocycles. The van der Waals surface area contributed by atoms with Crippen LogP contribution in [0.15, 0.2) is 42.5 Å². The van der Waals surface area contributed by atoms with Crippen LogP contribution < -0.4 is 10.1 Å². The maximum absolute atomic E-state index is 13.2. The number of rotatable bonds is 6. The average molecular weight is 350 g/mol. The molecule has 0 aliphatic rings. The summed E-state index contributed by atoms with van der Waals surface area (Å²) in [6.07, 6.45) is 0.286. The number of amides is 1. The molecule has 0 saturated carbocycles. The Balaban J connectivity index is 2.08. The Morgan fingerprint density at radius 1 is 1.25 bits per heavy atom. The zero-order chi connectivity index (χ0) is 17.7. The topological polar surface area (TPSA) is 38.3 Å². The first kappa shape index (κ1) is 18.3. The summed E-state index contributed by atoms with van der Waals surface area (Å²) in [5, 5.41) is 2.64. The average Bonchev–Trinajstić information content (AvgIpc) is 2.58. The summed E-state index contributed by atoms with van der Waals surface area (Å²) in [4.78, 5) is 12.3. The number of hydrogen-bond donors (Lipinski definition) is 1. The molecule has 24 heavy (non-hydrogen) atoms. The largest absolute Gasteiger partial charge is 0.481 e. The van der Waals surface area contributed by atoms with Gasteiger partial charge in [-0.15, -0.1) is 0 Å². The third-order valence-corrected chi connectivity index (χ3v) is 4.21. The van der Waals surface area contributed by atoms with Crippen LogP contribution in [0.1, 0.15) is 38.7 Å². The third kappa shape index (κ3) is 4.48. The molecule has 1 N–H and O–H groups in total. The van der Waals surface area contributed by atoms with Crippen LogP contribution in [0.4, 0.5) is 10.1 Å². The highest BCUT2D eigenvalue weighted by molar-refractivity contribution is 6.31. The van der Waals surface area contributed by atoms with E-state index in [4.69, 9.17) is 16.3 Å². The molecule has 0 saturated heterocycles. The molecule has 5 heteroatoms. The Morgan fingerprint density at radius 3 is 2.62 bits per heavy atom. The standard InChI is InChI=1S/C19H21ClFNO2/c1-4-12(2)15-7-5-6-8-18(15)24-13(3)19(23)22-14-9-10-17(21)16(20)11-14/h5-13H,4H2,1-3H3,(H,22,23). The van der Waals surface area contributed by atoms with E-state index in [0.29, 0.717) is 17.4 Å². The van der Waals surface area contributed by atoms with E-state index in [-0.39, 0.29) is 10.9 Å². The summed E-state index contributed by atoms with van der Waals surface area (Å²) >= 11 is 5.72. The van der Waals surface area contributed by atoms with Crippen LogP contribution >= 0.6 is 11.6 Å². The Kier molecular flexibility index (Phi) is 6.21. The van der Waals surface area contributed by atoms with Gasteiger partial charge in [-0.1, -0.05) is 43.6 Å². The lowest BCUT2D eigenvalue weighted by molar-refractivity contribution is -0.122. The predicted molar refractivity (Wildman–Crippen MR) is 95.3 cm³/mol. The van der Waals surface area contributed by atoms with Crippen LogP contribution in [0.2, 0.25) is 5.02 Å². The van der Waals surface area contributed by atoms with Crippen molar-refractivity contribution in [1.29, 1.82) is 0 Å². The predicted octanol–water partition coefficient (Wildman–Crippen LogP) is 5.40. The van der Waals surface area contributed by atoms with Crippen molar-refractivity contribution in [2.24, 2.45) is 0 Å². The van der Waals surface area contributed by atoms with Gasteiger partial charge in [0.2, 0.25) is 0 Å². The van der Waals surface area contributed by atoms with Crippen molar-refractivity contribution >= 4 is 23.2 Å². The summed E-state index contributed by atoms with van der Waals surface area (Å²) in [6.45, 7) is 5.90. The molecular weight excluding hydrogens is 329 g/mol. The van der Waals surface area contributed by atoms with Gasteiger partial charge >= 0.3 is 0 Å². The van der Waals surface area contributed by atoms with Gasteiger partial charge in [0.1, 0.15) is 11.6 Å². The van der Waals surface area contributed by atoms with Gasteiger partial charge in [0.15, 0.2) is 6.10 Å². The van der Waals surface area contributed by atoms with E-state index in [1.807, 2.05) is 24.3 Å². The molecular formula is C19H21ClFNO2. The van der Waals surface area contributed by atoms with Crippen molar-refractivity contribution in [1.82, 2.24) is 0 Å². The molecule has 0 spiro atoms. The summed E-state index contributed by atoms with van der Waals surface area (Å²) < 4.78 is 19.0. The molecule has 2 unspecified atom stereocenters. The summed E-state index contributed by atoms with van der Waals surface area (Å²) in [5.41, 5.74) is 1.50. The van der Waals surface area contributed by atoms with Gasteiger partial charge in [-0.3, -0.25) is 4.79 Å². The zero-order valence-electron chi connectivity index (χ0n) is 14.0. The maximum atomic E-state index is 13.2. The first-order chi connectivity index (χ1) is 11.4. The highest BCUT2D eigenvalue weighted by Crippen LogP contribution is 2.29. The quantitative estimate of drug-likeness (QED) is 0.758. The smallest absolute Gasteiger partial charge is 0.265 e. The molecule has 0 bridgehead atoms. The first-order valence-electron chi connectivity index (χ1n) is 7.93. The maximum Gasteiger partial charge on any atom is 0.265 e. The molecule has 0 fully saturated rings. The van der Waals surface area contributed by atoms with E-state index >= 15 is 0 Å². The minimum Gasteiger partial charge on any atom is -0.481 e. The number of carbonyl (C=O) groups is 1. The number of halogens is 2. The SMILES string of the molecule is CCC(C)c1ccccc1OC(C)C(=O)Nc1ccc(F)c(Cl)c1. The van der Waals surface area contributed by atoms with E-state index in [2.05, 4.69) is 19.2 Å².